The third-order valence-electron chi connectivity index (χ3n) is 3.74. The molecule has 1 aliphatic heterocycles. The van der Waals surface area contributed by atoms with Crippen molar-refractivity contribution in [2.24, 2.45) is 0 Å². The second-order valence-corrected chi connectivity index (χ2v) is 5.46. The van der Waals surface area contributed by atoms with Gasteiger partial charge in [-0.15, -0.1) is 0 Å². The molecule has 1 saturated heterocycles. The number of piperazine rings is 1. The van der Waals surface area contributed by atoms with Crippen LogP contribution in [0.3, 0.4) is 0 Å². The number of aryl methyl sites for hydroxylation is 1. The van der Waals surface area contributed by atoms with Gasteiger partial charge in [0.15, 0.2) is 0 Å². The summed E-state index contributed by atoms with van der Waals surface area (Å²) in [5.74, 6) is 0. The van der Waals surface area contributed by atoms with Crippen LogP contribution in [0.1, 0.15) is 12.0 Å². The van der Waals surface area contributed by atoms with Gasteiger partial charge in [0, 0.05) is 43.0 Å². The number of hydrogen-bond donors (Lipinski definition) is 1. The van der Waals surface area contributed by atoms with Crippen molar-refractivity contribution in [3.8, 4) is 0 Å². The van der Waals surface area contributed by atoms with Crippen LogP contribution in [-0.2, 0) is 0 Å². The van der Waals surface area contributed by atoms with E-state index in [0.717, 1.165) is 31.1 Å². The highest BCUT2D eigenvalue weighted by molar-refractivity contribution is 6.30. The van der Waals surface area contributed by atoms with Gasteiger partial charge in [-0.05, 0) is 44.2 Å². The summed E-state index contributed by atoms with van der Waals surface area (Å²) >= 11 is 6.00. The average Bonchev–Trinajstić information content (AvgIpc) is 2.33. The Bertz CT molecular complexity index is 411. The molecule has 1 unspecified atom stereocenters. The molecule has 3 nitrogen and oxygen atoms in total. The van der Waals surface area contributed by atoms with Gasteiger partial charge >= 0.3 is 0 Å². The highest BCUT2D eigenvalue weighted by atomic mass is 35.5. The molecule has 0 radical (unpaired) electrons. The van der Waals surface area contributed by atoms with E-state index in [1.54, 1.807) is 0 Å². The molecule has 1 heterocycles. The monoisotopic (exact) mass is 268 g/mol. The molecule has 0 spiro atoms. The predicted octanol–water partition coefficient (Wildman–Crippen LogP) is 2.15. The van der Waals surface area contributed by atoms with Gasteiger partial charge in [-0.3, -0.25) is 4.90 Å². The van der Waals surface area contributed by atoms with Crippen molar-refractivity contribution in [1.82, 2.24) is 4.90 Å². The SMILES string of the molecule is Cc1cc(Cl)ccc1N1CCN(C)C(CCO)C1. The van der Waals surface area contributed by atoms with Gasteiger partial charge in [-0.2, -0.15) is 0 Å². The number of rotatable bonds is 3. The first-order valence-electron chi connectivity index (χ1n) is 6.44. The molecule has 1 fully saturated rings. The van der Waals surface area contributed by atoms with Crippen molar-refractivity contribution in [3.05, 3.63) is 28.8 Å². The van der Waals surface area contributed by atoms with Gasteiger partial charge in [-0.25, -0.2) is 0 Å². The topological polar surface area (TPSA) is 26.7 Å². The molecule has 0 aliphatic carbocycles. The number of likely N-dealkylation sites (N-methyl/N-ethyl adjacent to an activating group) is 1. The van der Waals surface area contributed by atoms with Gasteiger partial charge in [0.05, 0.1) is 0 Å². The Hall–Kier alpha value is -0.770. The molecule has 1 aromatic carbocycles. The maximum atomic E-state index is 9.12. The molecule has 100 valence electrons. The fourth-order valence-corrected chi connectivity index (χ4v) is 2.83. The van der Waals surface area contributed by atoms with Crippen LogP contribution in [0.2, 0.25) is 5.02 Å². The minimum absolute atomic E-state index is 0.252. The quantitative estimate of drug-likeness (QED) is 0.910. The molecule has 0 saturated carbocycles. The summed E-state index contributed by atoms with van der Waals surface area (Å²) in [5.41, 5.74) is 2.48. The Labute approximate surface area is 114 Å². The lowest BCUT2D eigenvalue weighted by atomic mass is 10.1. The normalized spacial score (nSPS) is 21.3. The highest BCUT2D eigenvalue weighted by Gasteiger charge is 2.24. The molecule has 4 heteroatoms. The number of anilines is 1. The number of halogens is 1. The van der Waals surface area contributed by atoms with Crippen LogP contribution in [0, 0.1) is 6.92 Å². The second kappa shape index (κ2) is 5.91. The third kappa shape index (κ3) is 2.97. The smallest absolute Gasteiger partial charge is 0.0446 e. The molecule has 1 aliphatic rings. The maximum absolute atomic E-state index is 9.12. The first-order valence-corrected chi connectivity index (χ1v) is 6.82. The summed E-state index contributed by atoms with van der Waals surface area (Å²) < 4.78 is 0. The number of aliphatic hydroxyl groups excluding tert-OH is 1. The molecular weight excluding hydrogens is 248 g/mol. The Morgan fingerprint density at radius 1 is 1.39 bits per heavy atom. The molecule has 0 aromatic heterocycles. The van der Waals surface area contributed by atoms with Crippen molar-refractivity contribution >= 4 is 17.3 Å². The van der Waals surface area contributed by atoms with E-state index in [2.05, 4.69) is 29.8 Å². The number of nitrogens with zero attached hydrogens (tertiary/aromatic N) is 2. The first-order chi connectivity index (χ1) is 8.61. The van der Waals surface area contributed by atoms with Gasteiger partial charge in [-0.1, -0.05) is 11.6 Å². The van der Waals surface area contributed by atoms with Gasteiger partial charge in [0.1, 0.15) is 0 Å². The van der Waals surface area contributed by atoms with Gasteiger partial charge in [0.2, 0.25) is 0 Å². The Morgan fingerprint density at radius 2 is 2.17 bits per heavy atom. The predicted molar refractivity (Wildman–Crippen MR) is 76.5 cm³/mol. The van der Waals surface area contributed by atoms with E-state index >= 15 is 0 Å². The first kappa shape index (κ1) is 13.7. The van der Waals surface area contributed by atoms with E-state index in [4.69, 9.17) is 16.7 Å². The van der Waals surface area contributed by atoms with Crippen LogP contribution >= 0.6 is 11.6 Å². The van der Waals surface area contributed by atoms with Crippen molar-refractivity contribution in [1.29, 1.82) is 0 Å². The lowest BCUT2D eigenvalue weighted by Crippen LogP contribution is -2.52. The van der Waals surface area contributed by atoms with E-state index in [1.165, 1.54) is 11.3 Å². The number of aliphatic hydroxyl groups is 1. The number of benzene rings is 1. The standard InChI is InChI=1S/C14H21ClN2O/c1-11-9-12(15)3-4-14(11)17-7-6-16(2)13(10-17)5-8-18/h3-4,9,13,18H,5-8,10H2,1-2H3. The summed E-state index contributed by atoms with van der Waals surface area (Å²) in [6.07, 6.45) is 0.833. The number of hydrogen-bond acceptors (Lipinski definition) is 3. The summed E-state index contributed by atoms with van der Waals surface area (Å²) in [7, 11) is 2.13. The Morgan fingerprint density at radius 3 is 2.83 bits per heavy atom. The molecule has 2 rings (SSSR count). The highest BCUT2D eigenvalue weighted by Crippen LogP contribution is 2.26. The van der Waals surface area contributed by atoms with E-state index in [-0.39, 0.29) is 6.61 Å². The average molecular weight is 269 g/mol. The zero-order valence-corrected chi connectivity index (χ0v) is 11.8. The lowest BCUT2D eigenvalue weighted by molar-refractivity contribution is 0.171. The summed E-state index contributed by atoms with van der Waals surface area (Å²) in [5, 5.41) is 9.91. The van der Waals surface area contributed by atoms with Gasteiger partial charge < -0.3 is 10.0 Å². The van der Waals surface area contributed by atoms with Crippen molar-refractivity contribution in [3.63, 3.8) is 0 Å². The molecular formula is C14H21ClN2O. The van der Waals surface area contributed by atoms with E-state index in [1.807, 2.05) is 12.1 Å². The van der Waals surface area contributed by atoms with Gasteiger partial charge in [0.25, 0.3) is 0 Å². The van der Waals surface area contributed by atoms with Crippen LogP contribution in [0.5, 0.6) is 0 Å². The summed E-state index contributed by atoms with van der Waals surface area (Å²) in [4.78, 5) is 4.73. The minimum atomic E-state index is 0.252. The fourth-order valence-electron chi connectivity index (χ4n) is 2.60. The van der Waals surface area contributed by atoms with Crippen molar-refractivity contribution < 1.29 is 5.11 Å². The van der Waals surface area contributed by atoms with Crippen LogP contribution in [0.4, 0.5) is 5.69 Å². The molecule has 0 bridgehead atoms. The largest absolute Gasteiger partial charge is 0.396 e. The van der Waals surface area contributed by atoms with E-state index in [0.29, 0.717) is 6.04 Å². The van der Waals surface area contributed by atoms with Crippen LogP contribution in [-0.4, -0.2) is 49.3 Å². The van der Waals surface area contributed by atoms with Crippen LogP contribution in [0.25, 0.3) is 0 Å². The van der Waals surface area contributed by atoms with Crippen molar-refractivity contribution in [2.45, 2.75) is 19.4 Å². The summed E-state index contributed by atoms with van der Waals surface area (Å²) in [6.45, 7) is 5.39. The fraction of sp³-hybridized carbons (Fsp3) is 0.571. The van der Waals surface area contributed by atoms with Crippen molar-refractivity contribution in [2.75, 3.05) is 38.2 Å². The van der Waals surface area contributed by atoms with Crippen LogP contribution in [0.15, 0.2) is 18.2 Å². The molecule has 1 N–H and O–H groups in total. The zero-order valence-electron chi connectivity index (χ0n) is 11.1. The van der Waals surface area contributed by atoms with E-state index < -0.39 is 0 Å². The third-order valence-corrected chi connectivity index (χ3v) is 3.97. The van der Waals surface area contributed by atoms with E-state index in [9.17, 15) is 0 Å². The van der Waals surface area contributed by atoms with Crippen LogP contribution < -0.4 is 4.90 Å². The Balaban J connectivity index is 2.13. The molecule has 1 aromatic rings. The summed E-state index contributed by atoms with van der Waals surface area (Å²) in [6, 6.07) is 6.48. The zero-order chi connectivity index (χ0) is 13.1. The molecule has 0 amide bonds. The molecule has 1 atom stereocenters. The minimum Gasteiger partial charge on any atom is -0.396 e. The second-order valence-electron chi connectivity index (χ2n) is 5.02. The molecule has 18 heavy (non-hydrogen) atoms. The maximum Gasteiger partial charge on any atom is 0.0446 e. The Kier molecular flexibility index (Phi) is 4.49. The lowest BCUT2D eigenvalue weighted by Gasteiger charge is -2.41.